The quantitative estimate of drug-likeness (QED) is 0.586. The summed E-state index contributed by atoms with van der Waals surface area (Å²) in [6.45, 7) is 9.57. The molecule has 18 heavy (non-hydrogen) atoms. The first kappa shape index (κ1) is 12.9. The van der Waals surface area contributed by atoms with Gasteiger partial charge < -0.3 is 4.74 Å². The average Bonchev–Trinajstić information content (AvgIpc) is 2.69. The van der Waals surface area contributed by atoms with Crippen LogP contribution in [0.15, 0.2) is 36.4 Å². The highest BCUT2D eigenvalue weighted by atomic mass is 16.6. The van der Waals surface area contributed by atoms with Gasteiger partial charge in [-0.2, -0.15) is 0 Å². The number of esters is 1. The fourth-order valence-corrected chi connectivity index (χ4v) is 2.40. The van der Waals surface area contributed by atoms with Gasteiger partial charge in [0.25, 0.3) is 0 Å². The van der Waals surface area contributed by atoms with Crippen LogP contribution in [0, 0.1) is 0 Å². The van der Waals surface area contributed by atoms with Gasteiger partial charge in [0.1, 0.15) is 5.60 Å². The summed E-state index contributed by atoms with van der Waals surface area (Å²) in [4.78, 5) is 12.0. The van der Waals surface area contributed by atoms with Crippen molar-refractivity contribution in [2.45, 2.75) is 45.1 Å². The van der Waals surface area contributed by atoms with Gasteiger partial charge in [-0.3, -0.25) is 0 Å². The van der Waals surface area contributed by atoms with Gasteiger partial charge in [-0.15, -0.1) is 0 Å². The SMILES string of the molecule is C=C(C(=O)OC(C)(C)C)C1CCc2ccccc21. The van der Waals surface area contributed by atoms with Crippen LogP contribution in [0.5, 0.6) is 0 Å². The van der Waals surface area contributed by atoms with Crippen molar-refractivity contribution in [3.8, 4) is 0 Å². The molecule has 0 saturated heterocycles. The number of carbonyl (C=O) groups excluding carboxylic acids is 1. The van der Waals surface area contributed by atoms with Crippen LogP contribution in [0.4, 0.5) is 0 Å². The molecular weight excluding hydrogens is 224 g/mol. The minimum absolute atomic E-state index is 0.121. The van der Waals surface area contributed by atoms with Crippen molar-refractivity contribution in [3.05, 3.63) is 47.5 Å². The van der Waals surface area contributed by atoms with Crippen molar-refractivity contribution in [2.24, 2.45) is 0 Å². The Morgan fingerprint density at radius 2 is 2.00 bits per heavy atom. The molecule has 2 heteroatoms. The molecule has 96 valence electrons. The third-order valence-corrected chi connectivity index (χ3v) is 3.21. The smallest absolute Gasteiger partial charge is 0.334 e. The van der Waals surface area contributed by atoms with Crippen LogP contribution >= 0.6 is 0 Å². The lowest BCUT2D eigenvalue weighted by atomic mass is 9.94. The average molecular weight is 244 g/mol. The molecule has 1 aromatic carbocycles. The van der Waals surface area contributed by atoms with E-state index in [0.29, 0.717) is 5.57 Å². The minimum Gasteiger partial charge on any atom is -0.457 e. The van der Waals surface area contributed by atoms with Crippen LogP contribution in [0.3, 0.4) is 0 Å². The van der Waals surface area contributed by atoms with Crippen molar-refractivity contribution in [1.29, 1.82) is 0 Å². The van der Waals surface area contributed by atoms with Gasteiger partial charge >= 0.3 is 5.97 Å². The highest BCUT2D eigenvalue weighted by molar-refractivity contribution is 5.90. The second kappa shape index (κ2) is 4.60. The second-order valence-electron chi connectivity index (χ2n) is 5.82. The van der Waals surface area contributed by atoms with Crippen LogP contribution in [-0.4, -0.2) is 11.6 Å². The normalized spacial score (nSPS) is 18.3. The topological polar surface area (TPSA) is 26.3 Å². The predicted octanol–water partition coefficient (Wildman–Crippen LogP) is 3.61. The van der Waals surface area contributed by atoms with Crippen molar-refractivity contribution >= 4 is 5.97 Å². The molecule has 0 aromatic heterocycles. The Morgan fingerprint density at radius 3 is 2.67 bits per heavy atom. The first-order chi connectivity index (χ1) is 8.38. The van der Waals surface area contributed by atoms with Crippen LogP contribution in [0.1, 0.15) is 44.2 Å². The Labute approximate surface area is 109 Å². The number of ether oxygens (including phenoxy) is 1. The van der Waals surface area contributed by atoms with Gasteiger partial charge in [0.15, 0.2) is 0 Å². The van der Waals surface area contributed by atoms with Crippen molar-refractivity contribution in [2.75, 3.05) is 0 Å². The maximum absolute atomic E-state index is 12.0. The standard InChI is InChI=1S/C16H20O2/c1-11(15(17)18-16(2,3)4)13-10-9-12-7-5-6-8-14(12)13/h5-8,13H,1,9-10H2,2-4H3. The van der Waals surface area contributed by atoms with Gasteiger partial charge in [0, 0.05) is 11.5 Å². The summed E-state index contributed by atoms with van der Waals surface area (Å²) >= 11 is 0. The number of hydrogen-bond acceptors (Lipinski definition) is 2. The molecule has 0 amide bonds. The van der Waals surface area contributed by atoms with Gasteiger partial charge in [0.2, 0.25) is 0 Å². The lowest BCUT2D eigenvalue weighted by Crippen LogP contribution is -2.26. The summed E-state index contributed by atoms with van der Waals surface area (Å²) in [5.41, 5.74) is 2.67. The summed E-state index contributed by atoms with van der Waals surface area (Å²) in [6.07, 6.45) is 1.97. The summed E-state index contributed by atoms with van der Waals surface area (Å²) in [6, 6.07) is 8.26. The van der Waals surface area contributed by atoms with E-state index in [2.05, 4.69) is 18.7 Å². The molecule has 0 spiro atoms. The Morgan fingerprint density at radius 1 is 1.33 bits per heavy atom. The van der Waals surface area contributed by atoms with E-state index < -0.39 is 5.60 Å². The van der Waals surface area contributed by atoms with E-state index in [0.717, 1.165) is 12.8 Å². The highest BCUT2D eigenvalue weighted by Crippen LogP contribution is 2.38. The summed E-state index contributed by atoms with van der Waals surface area (Å²) in [5.74, 6) is -0.153. The van der Waals surface area contributed by atoms with E-state index >= 15 is 0 Å². The first-order valence-corrected chi connectivity index (χ1v) is 6.38. The number of rotatable bonds is 2. The van der Waals surface area contributed by atoms with E-state index in [1.807, 2.05) is 32.9 Å². The van der Waals surface area contributed by atoms with E-state index in [1.165, 1.54) is 11.1 Å². The van der Waals surface area contributed by atoms with Crippen molar-refractivity contribution in [1.82, 2.24) is 0 Å². The van der Waals surface area contributed by atoms with Gasteiger partial charge in [-0.25, -0.2) is 4.79 Å². The zero-order valence-corrected chi connectivity index (χ0v) is 11.3. The third-order valence-electron chi connectivity index (χ3n) is 3.21. The number of hydrogen-bond donors (Lipinski definition) is 0. The Kier molecular flexibility index (Phi) is 3.29. The number of carbonyl (C=O) groups is 1. The molecule has 0 fully saturated rings. The van der Waals surface area contributed by atoms with Crippen molar-refractivity contribution < 1.29 is 9.53 Å². The summed E-state index contributed by atoms with van der Waals surface area (Å²) in [7, 11) is 0. The molecule has 2 nitrogen and oxygen atoms in total. The molecule has 0 saturated carbocycles. The van der Waals surface area contributed by atoms with E-state index in [4.69, 9.17) is 4.74 Å². The predicted molar refractivity (Wildman–Crippen MR) is 72.5 cm³/mol. The van der Waals surface area contributed by atoms with Gasteiger partial charge in [-0.1, -0.05) is 30.8 Å². The molecule has 1 aromatic rings. The third kappa shape index (κ3) is 2.63. The van der Waals surface area contributed by atoms with Gasteiger partial charge in [0.05, 0.1) is 0 Å². The van der Waals surface area contributed by atoms with E-state index in [-0.39, 0.29) is 11.9 Å². The molecule has 0 aliphatic heterocycles. The first-order valence-electron chi connectivity index (χ1n) is 6.38. The minimum atomic E-state index is -0.460. The molecule has 1 aliphatic rings. The summed E-state index contributed by atoms with van der Waals surface area (Å²) in [5, 5.41) is 0. The Balaban J connectivity index is 2.15. The molecule has 0 heterocycles. The fourth-order valence-electron chi connectivity index (χ4n) is 2.40. The molecule has 1 aliphatic carbocycles. The lowest BCUT2D eigenvalue weighted by molar-refractivity contribution is -0.150. The Bertz CT molecular complexity index is 480. The largest absolute Gasteiger partial charge is 0.457 e. The zero-order valence-electron chi connectivity index (χ0n) is 11.3. The van der Waals surface area contributed by atoms with Crippen molar-refractivity contribution in [3.63, 3.8) is 0 Å². The zero-order chi connectivity index (χ0) is 13.3. The lowest BCUT2D eigenvalue weighted by Gasteiger charge is -2.22. The molecule has 2 rings (SSSR count). The number of aryl methyl sites for hydroxylation is 1. The maximum Gasteiger partial charge on any atom is 0.334 e. The second-order valence-corrected chi connectivity index (χ2v) is 5.82. The number of benzene rings is 1. The molecule has 1 atom stereocenters. The van der Waals surface area contributed by atoms with Crippen LogP contribution in [0.25, 0.3) is 0 Å². The number of fused-ring (bicyclic) bond motifs is 1. The highest BCUT2D eigenvalue weighted by Gasteiger charge is 2.30. The van der Waals surface area contributed by atoms with E-state index in [1.54, 1.807) is 0 Å². The fraction of sp³-hybridized carbons (Fsp3) is 0.438. The van der Waals surface area contributed by atoms with Gasteiger partial charge in [-0.05, 0) is 44.7 Å². The molecule has 0 radical (unpaired) electrons. The van der Waals surface area contributed by atoms with Crippen LogP contribution in [0.2, 0.25) is 0 Å². The Hall–Kier alpha value is -1.57. The van der Waals surface area contributed by atoms with E-state index in [9.17, 15) is 4.79 Å². The monoisotopic (exact) mass is 244 g/mol. The molecular formula is C16H20O2. The summed E-state index contributed by atoms with van der Waals surface area (Å²) < 4.78 is 5.39. The van der Waals surface area contributed by atoms with Crippen LogP contribution in [-0.2, 0) is 16.0 Å². The molecule has 0 N–H and O–H groups in total. The molecule has 1 unspecified atom stereocenters. The maximum atomic E-state index is 12.0. The molecule has 0 bridgehead atoms. The van der Waals surface area contributed by atoms with Crippen LogP contribution < -0.4 is 0 Å².